The van der Waals surface area contributed by atoms with Crippen LogP contribution in [0.2, 0.25) is 0 Å². The molecule has 0 bridgehead atoms. The Labute approximate surface area is 176 Å². The van der Waals surface area contributed by atoms with Gasteiger partial charge in [0.05, 0.1) is 17.5 Å². The molecular formula is C21H22N4O6. The number of nitrogens with one attached hydrogen (secondary N) is 1. The van der Waals surface area contributed by atoms with Crippen LogP contribution in [0.1, 0.15) is 24.8 Å². The number of carbonyl (C=O) groups is 2. The summed E-state index contributed by atoms with van der Waals surface area (Å²) in [6.07, 6.45) is 1.44. The average Bonchev–Trinajstić information content (AvgIpc) is 3.09. The van der Waals surface area contributed by atoms with Gasteiger partial charge in [-0.2, -0.15) is 0 Å². The number of nitrogens with zero attached hydrogens (tertiary/aromatic N) is 3. The first-order valence-electron chi connectivity index (χ1n) is 9.57. The minimum Gasteiger partial charge on any atom is -0.494 e. The number of hydrogen-bond donors (Lipinski definition) is 3. The number of rotatable bonds is 7. The molecule has 3 rings (SSSR count). The third-order valence-electron chi connectivity index (χ3n) is 4.99. The molecule has 0 unspecified atom stereocenters. The highest BCUT2D eigenvalue weighted by Gasteiger charge is 2.18. The van der Waals surface area contributed by atoms with Crippen LogP contribution in [-0.2, 0) is 23.7 Å². The average molecular weight is 426 g/mol. The second-order valence-corrected chi connectivity index (χ2v) is 7.07. The lowest BCUT2D eigenvalue weighted by Crippen LogP contribution is -2.38. The van der Waals surface area contributed by atoms with E-state index in [4.69, 9.17) is 5.11 Å². The molecule has 0 radical (unpaired) electrons. The van der Waals surface area contributed by atoms with E-state index in [0.717, 1.165) is 19.9 Å². The molecule has 3 N–H and O–H groups in total. The summed E-state index contributed by atoms with van der Waals surface area (Å²) in [6, 6.07) is 7.32. The van der Waals surface area contributed by atoms with Gasteiger partial charge in [-0.15, -0.1) is 0 Å². The summed E-state index contributed by atoms with van der Waals surface area (Å²) in [5.41, 5.74) is -0.180. The van der Waals surface area contributed by atoms with Crippen LogP contribution in [0.15, 0.2) is 44.5 Å². The van der Waals surface area contributed by atoms with E-state index in [2.05, 4.69) is 10.3 Å². The first-order chi connectivity index (χ1) is 14.7. The molecule has 2 heterocycles. The van der Waals surface area contributed by atoms with Crippen LogP contribution >= 0.6 is 0 Å². The highest BCUT2D eigenvalue weighted by Crippen LogP contribution is 2.22. The molecular weight excluding hydrogens is 404 g/mol. The maximum Gasteiger partial charge on any atom is 0.333 e. The third kappa shape index (κ3) is 4.47. The maximum atomic E-state index is 12.5. The molecule has 0 saturated carbocycles. The van der Waals surface area contributed by atoms with Gasteiger partial charge in [0.25, 0.3) is 5.56 Å². The smallest absolute Gasteiger partial charge is 0.333 e. The van der Waals surface area contributed by atoms with Gasteiger partial charge in [0, 0.05) is 32.3 Å². The lowest BCUT2D eigenvalue weighted by Gasteiger charge is -2.10. The number of aromatic hydroxyl groups is 1. The van der Waals surface area contributed by atoms with Crippen molar-refractivity contribution in [3.05, 3.63) is 66.9 Å². The fourth-order valence-electron chi connectivity index (χ4n) is 3.30. The Kier molecular flexibility index (Phi) is 6.19. The number of benzene rings is 1. The predicted molar refractivity (Wildman–Crippen MR) is 112 cm³/mol. The molecule has 31 heavy (non-hydrogen) atoms. The van der Waals surface area contributed by atoms with Crippen molar-refractivity contribution >= 4 is 23.5 Å². The number of carboxylic acid groups (broad SMARTS) is 1. The van der Waals surface area contributed by atoms with E-state index < -0.39 is 23.1 Å². The summed E-state index contributed by atoms with van der Waals surface area (Å²) in [5.74, 6) is -1.88. The molecule has 1 aliphatic heterocycles. The molecule has 2 aromatic rings. The van der Waals surface area contributed by atoms with E-state index in [-0.39, 0.29) is 30.9 Å². The lowest BCUT2D eigenvalue weighted by molar-refractivity contribution is -0.138. The minimum atomic E-state index is -1.04. The molecule has 162 valence electrons. The van der Waals surface area contributed by atoms with Crippen molar-refractivity contribution in [3.63, 3.8) is 0 Å². The molecule has 1 amide bonds. The summed E-state index contributed by atoms with van der Waals surface area (Å²) in [6.45, 7) is 0.242. The number of para-hydroxylation sites is 1. The van der Waals surface area contributed by atoms with Gasteiger partial charge in [0.15, 0.2) is 0 Å². The molecule has 0 saturated heterocycles. The van der Waals surface area contributed by atoms with Crippen LogP contribution in [0.4, 0.5) is 0 Å². The molecule has 0 fully saturated rings. The fraction of sp³-hybridized carbons (Fsp3) is 0.286. The van der Waals surface area contributed by atoms with E-state index in [1.807, 2.05) is 18.2 Å². The van der Waals surface area contributed by atoms with E-state index >= 15 is 0 Å². The summed E-state index contributed by atoms with van der Waals surface area (Å²) in [7, 11) is 2.68. The first-order valence-corrected chi connectivity index (χ1v) is 9.57. The van der Waals surface area contributed by atoms with Crippen molar-refractivity contribution < 1.29 is 19.8 Å². The number of aromatic nitrogens is 2. The summed E-state index contributed by atoms with van der Waals surface area (Å²) < 4.78 is 1.87. The van der Waals surface area contributed by atoms with Crippen LogP contribution in [0.5, 0.6) is 5.88 Å². The molecule has 0 spiro atoms. The molecule has 1 aromatic carbocycles. The molecule has 1 aromatic heterocycles. The summed E-state index contributed by atoms with van der Waals surface area (Å²) >= 11 is 0. The van der Waals surface area contributed by atoms with Gasteiger partial charge in [-0.3, -0.25) is 23.5 Å². The zero-order valence-corrected chi connectivity index (χ0v) is 17.1. The van der Waals surface area contributed by atoms with Crippen molar-refractivity contribution in [3.8, 4) is 5.88 Å². The maximum absolute atomic E-state index is 12.5. The Hall–Kier alpha value is -3.95. The van der Waals surface area contributed by atoms with Crippen LogP contribution in [-0.4, -0.2) is 37.8 Å². The highest BCUT2D eigenvalue weighted by molar-refractivity contribution is 5.81. The zero-order chi connectivity index (χ0) is 22.7. The topological polar surface area (TPSA) is 143 Å². The second kappa shape index (κ2) is 8.82. The number of carbonyl (C=O) groups excluding carboxylic acids is 1. The summed E-state index contributed by atoms with van der Waals surface area (Å²) in [5, 5.41) is 23.2. The van der Waals surface area contributed by atoms with Gasteiger partial charge in [0.1, 0.15) is 5.56 Å². The van der Waals surface area contributed by atoms with Gasteiger partial charge in [0.2, 0.25) is 11.8 Å². The molecule has 0 aliphatic carbocycles. The van der Waals surface area contributed by atoms with E-state index in [0.29, 0.717) is 17.5 Å². The molecule has 10 nitrogen and oxygen atoms in total. The standard InChI is InChI=1S/C21H22N4O6/c1-24-19(29)14(20(30)25(2)21(24)31)11-16-13(12-5-3-4-6-15(12)23-16)9-10-22-17(26)7-8-18(27)28/h3-6,11,29H,7-10H2,1-2H3,(H,22,26)(H,27,28)/b16-11-. The van der Waals surface area contributed by atoms with Crippen molar-refractivity contribution in [2.24, 2.45) is 19.1 Å². The van der Waals surface area contributed by atoms with E-state index in [1.54, 1.807) is 6.07 Å². The Bertz CT molecular complexity index is 1330. The Balaban J connectivity index is 1.96. The van der Waals surface area contributed by atoms with Crippen molar-refractivity contribution in [1.82, 2.24) is 14.5 Å². The van der Waals surface area contributed by atoms with Crippen LogP contribution in [0, 0.1) is 0 Å². The number of hydrogen-bond acceptors (Lipinski definition) is 6. The monoisotopic (exact) mass is 426 g/mol. The predicted octanol–water partition coefficient (Wildman–Crippen LogP) is -1.01. The fourth-order valence-corrected chi connectivity index (χ4v) is 3.30. The SMILES string of the molecule is Cn1c(O)c(/C=C2\N=c3ccccc3=C2CCNC(=O)CCC(=O)O)c(=O)n(C)c1=O. The Morgan fingerprint density at radius 1 is 1.13 bits per heavy atom. The van der Waals surface area contributed by atoms with Crippen LogP contribution in [0.25, 0.3) is 11.6 Å². The minimum absolute atomic E-state index is 0.0702. The van der Waals surface area contributed by atoms with Gasteiger partial charge in [-0.1, -0.05) is 18.2 Å². The Morgan fingerprint density at radius 2 is 1.84 bits per heavy atom. The van der Waals surface area contributed by atoms with Gasteiger partial charge in [-0.25, -0.2) is 9.79 Å². The van der Waals surface area contributed by atoms with Crippen LogP contribution in [0.3, 0.4) is 0 Å². The third-order valence-corrected chi connectivity index (χ3v) is 4.99. The first kappa shape index (κ1) is 21.8. The van der Waals surface area contributed by atoms with Crippen molar-refractivity contribution in [1.29, 1.82) is 0 Å². The van der Waals surface area contributed by atoms with Gasteiger partial charge >= 0.3 is 11.7 Å². The quantitative estimate of drug-likeness (QED) is 0.518. The van der Waals surface area contributed by atoms with Gasteiger partial charge < -0.3 is 15.5 Å². The zero-order valence-electron chi connectivity index (χ0n) is 17.1. The number of carboxylic acids is 1. The van der Waals surface area contributed by atoms with Crippen molar-refractivity contribution in [2.75, 3.05) is 6.54 Å². The van der Waals surface area contributed by atoms with E-state index in [1.165, 1.54) is 20.2 Å². The number of aliphatic carboxylic acids is 1. The van der Waals surface area contributed by atoms with Crippen molar-refractivity contribution in [2.45, 2.75) is 19.3 Å². The molecule has 1 aliphatic rings. The largest absolute Gasteiger partial charge is 0.494 e. The van der Waals surface area contributed by atoms with E-state index in [9.17, 15) is 24.3 Å². The summed E-state index contributed by atoms with van der Waals surface area (Å²) in [4.78, 5) is 51.5. The second-order valence-electron chi connectivity index (χ2n) is 7.07. The highest BCUT2D eigenvalue weighted by atomic mass is 16.4. The van der Waals surface area contributed by atoms with Gasteiger partial charge in [-0.05, 0) is 24.1 Å². The number of fused-ring (bicyclic) bond motifs is 1. The Morgan fingerprint density at radius 3 is 2.55 bits per heavy atom. The molecule has 10 heteroatoms. The number of amides is 1. The van der Waals surface area contributed by atoms with Crippen LogP contribution < -0.4 is 27.1 Å². The number of allylic oxidation sites excluding steroid dienone is 1. The molecule has 0 atom stereocenters. The lowest BCUT2D eigenvalue weighted by atomic mass is 10.1. The normalized spacial score (nSPS) is 13.7.